The summed E-state index contributed by atoms with van der Waals surface area (Å²) >= 11 is 0. The van der Waals surface area contributed by atoms with Gasteiger partial charge in [-0.15, -0.1) is 0 Å². The molecule has 4 nitrogen and oxygen atoms in total. The Morgan fingerprint density at radius 2 is 1.83 bits per heavy atom. The first-order valence-electron chi connectivity index (χ1n) is 8.17. The van der Waals surface area contributed by atoms with Crippen LogP contribution in [-0.4, -0.2) is 16.1 Å². The second-order valence-electron chi connectivity index (χ2n) is 5.93. The number of aliphatic hydroxyl groups is 1. The molecule has 0 fully saturated rings. The monoisotopic (exact) mass is 322 g/mol. The number of nitrogens with one attached hydrogen (secondary N) is 1. The van der Waals surface area contributed by atoms with E-state index in [0.29, 0.717) is 12.2 Å². The molecule has 0 saturated carbocycles. The van der Waals surface area contributed by atoms with Gasteiger partial charge in [0.2, 0.25) is 0 Å². The maximum Gasteiger partial charge on any atom is 0.132 e. The Labute approximate surface area is 142 Å². The molecule has 3 atom stereocenters. The largest absolute Gasteiger partial charge is 0.467 e. The Kier molecular flexibility index (Phi) is 5.41. The first-order valence-corrected chi connectivity index (χ1v) is 8.17. The van der Waals surface area contributed by atoms with E-state index in [1.807, 2.05) is 36.4 Å². The van der Waals surface area contributed by atoms with Crippen molar-refractivity contribution in [2.75, 3.05) is 0 Å². The summed E-state index contributed by atoms with van der Waals surface area (Å²) in [6, 6.07) is 19.8. The lowest BCUT2D eigenvalue weighted by Gasteiger charge is -2.24. The SMILES string of the molecule is CC(CC(O)c1ccco1)NC(c1ccccc1)c1ccccn1. The van der Waals surface area contributed by atoms with Gasteiger partial charge in [0.15, 0.2) is 0 Å². The zero-order valence-corrected chi connectivity index (χ0v) is 13.7. The molecular weight excluding hydrogens is 300 g/mol. The highest BCUT2D eigenvalue weighted by Crippen LogP contribution is 2.24. The highest BCUT2D eigenvalue weighted by Gasteiger charge is 2.20. The van der Waals surface area contributed by atoms with Crippen molar-refractivity contribution in [1.82, 2.24) is 10.3 Å². The summed E-state index contributed by atoms with van der Waals surface area (Å²) in [5, 5.41) is 13.9. The molecule has 1 aromatic carbocycles. The van der Waals surface area contributed by atoms with E-state index >= 15 is 0 Å². The molecule has 2 heterocycles. The van der Waals surface area contributed by atoms with Gasteiger partial charge in [-0.2, -0.15) is 0 Å². The van der Waals surface area contributed by atoms with Crippen LogP contribution >= 0.6 is 0 Å². The van der Waals surface area contributed by atoms with Gasteiger partial charge < -0.3 is 14.8 Å². The second kappa shape index (κ2) is 7.90. The molecule has 0 spiro atoms. The Morgan fingerprint density at radius 1 is 1.04 bits per heavy atom. The number of hydrogen-bond acceptors (Lipinski definition) is 4. The normalized spacial score (nSPS) is 14.9. The maximum atomic E-state index is 10.3. The minimum atomic E-state index is -0.623. The molecule has 0 amide bonds. The first-order chi connectivity index (χ1) is 11.7. The van der Waals surface area contributed by atoms with Crippen molar-refractivity contribution < 1.29 is 9.52 Å². The van der Waals surface area contributed by atoms with E-state index in [2.05, 4.69) is 29.4 Å². The highest BCUT2D eigenvalue weighted by atomic mass is 16.4. The fourth-order valence-electron chi connectivity index (χ4n) is 2.83. The van der Waals surface area contributed by atoms with E-state index in [4.69, 9.17) is 4.42 Å². The van der Waals surface area contributed by atoms with Crippen molar-refractivity contribution >= 4 is 0 Å². The average Bonchev–Trinajstić information content (AvgIpc) is 3.16. The van der Waals surface area contributed by atoms with Crippen molar-refractivity contribution in [1.29, 1.82) is 0 Å². The lowest BCUT2D eigenvalue weighted by molar-refractivity contribution is 0.127. The van der Waals surface area contributed by atoms with Crippen molar-refractivity contribution in [3.8, 4) is 0 Å². The van der Waals surface area contributed by atoms with Crippen LogP contribution in [0.25, 0.3) is 0 Å². The fraction of sp³-hybridized carbons (Fsp3) is 0.250. The lowest BCUT2D eigenvalue weighted by atomic mass is 10.0. The van der Waals surface area contributed by atoms with Crippen LogP contribution in [0.4, 0.5) is 0 Å². The van der Waals surface area contributed by atoms with Crippen molar-refractivity contribution in [2.45, 2.75) is 31.5 Å². The average molecular weight is 322 g/mol. The zero-order chi connectivity index (χ0) is 16.8. The number of aromatic nitrogens is 1. The number of pyridine rings is 1. The van der Waals surface area contributed by atoms with E-state index < -0.39 is 6.10 Å². The van der Waals surface area contributed by atoms with Gasteiger partial charge in [-0.1, -0.05) is 36.4 Å². The third-order valence-corrected chi connectivity index (χ3v) is 4.02. The number of furan rings is 1. The predicted octanol–water partition coefficient (Wildman–Crippen LogP) is 3.87. The smallest absolute Gasteiger partial charge is 0.132 e. The molecule has 3 rings (SSSR count). The Hall–Kier alpha value is -2.43. The number of aliphatic hydroxyl groups excluding tert-OH is 1. The fourth-order valence-corrected chi connectivity index (χ4v) is 2.83. The van der Waals surface area contributed by atoms with Crippen LogP contribution in [-0.2, 0) is 0 Å². The quantitative estimate of drug-likeness (QED) is 0.693. The molecule has 0 radical (unpaired) electrons. The van der Waals surface area contributed by atoms with Gasteiger partial charge in [-0.05, 0) is 43.2 Å². The van der Waals surface area contributed by atoms with Gasteiger partial charge in [0.05, 0.1) is 18.0 Å². The summed E-state index contributed by atoms with van der Waals surface area (Å²) in [6.45, 7) is 2.06. The molecule has 0 bridgehead atoms. The highest BCUT2D eigenvalue weighted by molar-refractivity contribution is 5.27. The molecule has 24 heavy (non-hydrogen) atoms. The van der Waals surface area contributed by atoms with Crippen LogP contribution in [0.15, 0.2) is 77.5 Å². The van der Waals surface area contributed by atoms with Crippen LogP contribution in [0.3, 0.4) is 0 Å². The number of nitrogens with zero attached hydrogens (tertiary/aromatic N) is 1. The van der Waals surface area contributed by atoms with Crippen molar-refractivity contribution in [3.63, 3.8) is 0 Å². The minimum absolute atomic E-state index is 0.0220. The topological polar surface area (TPSA) is 58.3 Å². The molecule has 124 valence electrons. The van der Waals surface area contributed by atoms with Gasteiger partial charge in [0.1, 0.15) is 11.9 Å². The lowest BCUT2D eigenvalue weighted by Crippen LogP contribution is -2.33. The van der Waals surface area contributed by atoms with Gasteiger partial charge in [-0.25, -0.2) is 0 Å². The van der Waals surface area contributed by atoms with Crippen molar-refractivity contribution in [2.24, 2.45) is 0 Å². The van der Waals surface area contributed by atoms with Gasteiger partial charge in [0, 0.05) is 12.2 Å². The summed E-state index contributed by atoms with van der Waals surface area (Å²) in [4.78, 5) is 4.49. The Morgan fingerprint density at radius 3 is 2.50 bits per heavy atom. The molecule has 2 N–H and O–H groups in total. The maximum absolute atomic E-state index is 10.3. The molecule has 4 heteroatoms. The number of rotatable bonds is 7. The molecule has 0 aliphatic heterocycles. The van der Waals surface area contributed by atoms with Crippen LogP contribution in [0.1, 0.15) is 42.5 Å². The van der Waals surface area contributed by atoms with Crippen molar-refractivity contribution in [3.05, 3.63) is 90.1 Å². The number of benzene rings is 1. The van der Waals surface area contributed by atoms with E-state index in [-0.39, 0.29) is 12.1 Å². The van der Waals surface area contributed by atoms with E-state index in [1.54, 1.807) is 24.6 Å². The second-order valence-corrected chi connectivity index (χ2v) is 5.93. The summed E-state index contributed by atoms with van der Waals surface area (Å²) in [6.07, 6.45) is 3.32. The third kappa shape index (κ3) is 4.10. The van der Waals surface area contributed by atoms with E-state index in [9.17, 15) is 5.11 Å². The molecule has 2 aromatic heterocycles. The van der Waals surface area contributed by atoms with Crippen LogP contribution in [0, 0.1) is 0 Å². The molecule has 0 aliphatic rings. The third-order valence-electron chi connectivity index (χ3n) is 4.02. The minimum Gasteiger partial charge on any atom is -0.467 e. The predicted molar refractivity (Wildman–Crippen MR) is 93.4 cm³/mol. The molecule has 3 aromatic rings. The molecule has 0 aliphatic carbocycles. The van der Waals surface area contributed by atoms with Gasteiger partial charge in [-0.3, -0.25) is 4.98 Å². The van der Waals surface area contributed by atoms with Crippen LogP contribution < -0.4 is 5.32 Å². The summed E-state index contributed by atoms with van der Waals surface area (Å²) in [7, 11) is 0. The molecule has 0 saturated heterocycles. The standard InChI is InChI=1S/C20H22N2O2/c1-15(14-18(23)19-11-7-13-24-19)22-20(16-8-3-2-4-9-16)17-10-5-6-12-21-17/h2-13,15,18,20,22-23H,14H2,1H3. The summed E-state index contributed by atoms with van der Waals surface area (Å²) in [5.41, 5.74) is 2.11. The summed E-state index contributed by atoms with van der Waals surface area (Å²) < 4.78 is 5.28. The summed E-state index contributed by atoms with van der Waals surface area (Å²) in [5.74, 6) is 0.595. The molecular formula is C20H22N2O2. The van der Waals surface area contributed by atoms with E-state index in [1.165, 1.54) is 0 Å². The van der Waals surface area contributed by atoms with Crippen LogP contribution in [0.5, 0.6) is 0 Å². The molecule has 3 unspecified atom stereocenters. The zero-order valence-electron chi connectivity index (χ0n) is 13.7. The van der Waals surface area contributed by atoms with Crippen LogP contribution in [0.2, 0.25) is 0 Å². The number of hydrogen-bond donors (Lipinski definition) is 2. The van der Waals surface area contributed by atoms with Gasteiger partial charge >= 0.3 is 0 Å². The first kappa shape index (κ1) is 16.4. The Balaban J connectivity index is 1.74. The Bertz CT molecular complexity index is 674. The van der Waals surface area contributed by atoms with E-state index in [0.717, 1.165) is 11.3 Å². The van der Waals surface area contributed by atoms with Gasteiger partial charge in [0.25, 0.3) is 0 Å².